The lowest BCUT2D eigenvalue weighted by molar-refractivity contribution is 0.111. The van der Waals surface area contributed by atoms with E-state index < -0.39 is 5.95 Å². The van der Waals surface area contributed by atoms with Gasteiger partial charge in [-0.2, -0.15) is 4.39 Å². The van der Waals surface area contributed by atoms with Gasteiger partial charge in [-0.15, -0.1) is 0 Å². The van der Waals surface area contributed by atoms with Crippen LogP contribution < -0.4 is 0 Å². The Kier molecular flexibility index (Phi) is 2.54. The first-order valence-electron chi connectivity index (χ1n) is 4.47. The summed E-state index contributed by atoms with van der Waals surface area (Å²) in [6.07, 6.45) is 1.88. The van der Waals surface area contributed by atoms with Crippen molar-refractivity contribution in [3.8, 4) is 11.1 Å². The van der Waals surface area contributed by atoms with Crippen LogP contribution in [-0.2, 0) is 0 Å². The minimum absolute atomic E-state index is 0.0173. The average Bonchev–Trinajstić information content (AvgIpc) is 2.31. The van der Waals surface area contributed by atoms with Crippen LogP contribution in [0.5, 0.6) is 0 Å². The number of hydrogen-bond donors (Lipinski definition) is 0. The minimum atomic E-state index is -0.732. The van der Waals surface area contributed by atoms with Gasteiger partial charge in [0.15, 0.2) is 6.29 Å². The Morgan fingerprint density at radius 2 is 1.87 bits per heavy atom. The van der Waals surface area contributed by atoms with Crippen molar-refractivity contribution in [2.45, 2.75) is 0 Å². The predicted molar refractivity (Wildman–Crippen MR) is 55.0 cm³/mol. The van der Waals surface area contributed by atoms with Gasteiger partial charge in [-0.25, -0.2) is 4.98 Å². The smallest absolute Gasteiger partial charge is 0.223 e. The van der Waals surface area contributed by atoms with Crippen LogP contribution in [0.2, 0.25) is 0 Å². The first kappa shape index (κ1) is 9.52. The number of benzene rings is 1. The van der Waals surface area contributed by atoms with Crippen LogP contribution in [0.1, 0.15) is 10.4 Å². The van der Waals surface area contributed by atoms with E-state index >= 15 is 0 Å². The number of aromatic nitrogens is 1. The lowest BCUT2D eigenvalue weighted by Crippen LogP contribution is -1.92. The molecule has 0 aliphatic carbocycles. The summed E-state index contributed by atoms with van der Waals surface area (Å²) in [7, 11) is 0. The lowest BCUT2D eigenvalue weighted by atomic mass is 10.1. The van der Waals surface area contributed by atoms with Gasteiger partial charge in [-0.1, -0.05) is 30.3 Å². The van der Waals surface area contributed by atoms with Gasteiger partial charge in [0.05, 0.1) is 5.56 Å². The highest BCUT2D eigenvalue weighted by Gasteiger charge is 2.04. The van der Waals surface area contributed by atoms with Crippen molar-refractivity contribution in [2.24, 2.45) is 0 Å². The van der Waals surface area contributed by atoms with Crippen molar-refractivity contribution in [3.05, 3.63) is 54.1 Å². The van der Waals surface area contributed by atoms with Crippen molar-refractivity contribution in [2.75, 3.05) is 0 Å². The molecule has 0 aliphatic heterocycles. The molecule has 0 unspecified atom stereocenters. The minimum Gasteiger partial charge on any atom is -0.298 e. The van der Waals surface area contributed by atoms with Crippen LogP contribution in [0.3, 0.4) is 0 Å². The van der Waals surface area contributed by atoms with Crippen molar-refractivity contribution < 1.29 is 9.18 Å². The fourth-order valence-corrected chi connectivity index (χ4v) is 1.34. The standard InChI is InChI=1S/C12H8FNO/c13-12-11(8-15)6-10(7-14-12)9-4-2-1-3-5-9/h1-8H. The molecule has 1 aromatic heterocycles. The SMILES string of the molecule is O=Cc1cc(-c2ccccc2)cnc1F. The van der Waals surface area contributed by atoms with Gasteiger partial charge in [0.25, 0.3) is 0 Å². The zero-order valence-electron chi connectivity index (χ0n) is 7.85. The van der Waals surface area contributed by atoms with E-state index in [9.17, 15) is 9.18 Å². The lowest BCUT2D eigenvalue weighted by Gasteiger charge is -2.01. The maximum atomic E-state index is 12.9. The maximum absolute atomic E-state index is 12.9. The third-order valence-electron chi connectivity index (χ3n) is 2.10. The predicted octanol–water partition coefficient (Wildman–Crippen LogP) is 2.70. The quantitative estimate of drug-likeness (QED) is 0.552. The number of halogens is 1. The summed E-state index contributed by atoms with van der Waals surface area (Å²) in [6.45, 7) is 0. The van der Waals surface area contributed by atoms with Crippen molar-refractivity contribution in [1.82, 2.24) is 4.98 Å². The second kappa shape index (κ2) is 4.00. The number of carbonyl (C=O) groups excluding carboxylic acids is 1. The summed E-state index contributed by atoms with van der Waals surface area (Å²) in [6, 6.07) is 10.9. The first-order chi connectivity index (χ1) is 7.31. The second-order valence-corrected chi connectivity index (χ2v) is 3.09. The second-order valence-electron chi connectivity index (χ2n) is 3.09. The molecule has 0 bridgehead atoms. The molecule has 0 radical (unpaired) electrons. The largest absolute Gasteiger partial charge is 0.298 e. The molecular formula is C12H8FNO. The molecule has 1 heterocycles. The van der Waals surface area contributed by atoms with Gasteiger partial charge >= 0.3 is 0 Å². The van der Waals surface area contributed by atoms with Gasteiger partial charge in [-0.3, -0.25) is 4.79 Å². The molecule has 15 heavy (non-hydrogen) atoms. The number of carbonyl (C=O) groups is 1. The molecular weight excluding hydrogens is 193 g/mol. The van der Waals surface area contributed by atoms with Crippen LogP contribution >= 0.6 is 0 Å². The molecule has 0 atom stereocenters. The van der Waals surface area contributed by atoms with Crippen LogP contribution in [-0.4, -0.2) is 11.3 Å². The molecule has 1 aromatic carbocycles. The molecule has 0 saturated heterocycles. The van der Waals surface area contributed by atoms with Crippen LogP contribution in [0.4, 0.5) is 4.39 Å². The van der Waals surface area contributed by atoms with Gasteiger partial charge in [0.1, 0.15) is 0 Å². The van der Waals surface area contributed by atoms with Gasteiger partial charge in [0.2, 0.25) is 5.95 Å². The normalized spacial score (nSPS) is 9.93. The number of nitrogens with zero attached hydrogens (tertiary/aromatic N) is 1. The Bertz CT molecular complexity index is 482. The van der Waals surface area contributed by atoms with Gasteiger partial charge in [-0.05, 0) is 11.6 Å². The molecule has 0 spiro atoms. The number of aldehydes is 1. The van der Waals surface area contributed by atoms with Gasteiger partial charge < -0.3 is 0 Å². The van der Waals surface area contributed by atoms with Crippen molar-refractivity contribution in [3.63, 3.8) is 0 Å². The Morgan fingerprint density at radius 1 is 1.13 bits per heavy atom. The fourth-order valence-electron chi connectivity index (χ4n) is 1.34. The van der Waals surface area contributed by atoms with E-state index in [4.69, 9.17) is 0 Å². The van der Waals surface area contributed by atoms with E-state index in [1.165, 1.54) is 12.3 Å². The molecule has 2 aromatic rings. The molecule has 2 rings (SSSR count). The van der Waals surface area contributed by atoms with E-state index in [-0.39, 0.29) is 5.56 Å². The van der Waals surface area contributed by atoms with Gasteiger partial charge in [0, 0.05) is 11.8 Å². The molecule has 0 fully saturated rings. The third-order valence-corrected chi connectivity index (χ3v) is 2.10. The van der Waals surface area contributed by atoms with Crippen LogP contribution in [0.15, 0.2) is 42.6 Å². The summed E-state index contributed by atoms with van der Waals surface area (Å²) in [4.78, 5) is 14.1. The van der Waals surface area contributed by atoms with E-state index in [0.717, 1.165) is 11.1 Å². The maximum Gasteiger partial charge on any atom is 0.223 e. The van der Waals surface area contributed by atoms with E-state index in [0.29, 0.717) is 6.29 Å². The molecule has 74 valence electrons. The Morgan fingerprint density at radius 3 is 2.53 bits per heavy atom. The number of rotatable bonds is 2. The molecule has 0 saturated carbocycles. The average molecular weight is 201 g/mol. The highest BCUT2D eigenvalue weighted by molar-refractivity contribution is 5.78. The van der Waals surface area contributed by atoms with Crippen LogP contribution in [0, 0.1) is 5.95 Å². The van der Waals surface area contributed by atoms with Crippen molar-refractivity contribution >= 4 is 6.29 Å². The van der Waals surface area contributed by atoms with Crippen LogP contribution in [0.25, 0.3) is 11.1 Å². The Balaban J connectivity index is 2.51. The highest BCUT2D eigenvalue weighted by atomic mass is 19.1. The summed E-state index contributed by atoms with van der Waals surface area (Å²) in [5.74, 6) is -0.732. The van der Waals surface area contributed by atoms with E-state index in [1.54, 1.807) is 0 Å². The molecule has 0 N–H and O–H groups in total. The zero-order valence-corrected chi connectivity index (χ0v) is 7.85. The summed E-state index contributed by atoms with van der Waals surface area (Å²) >= 11 is 0. The Labute approximate surface area is 86.4 Å². The topological polar surface area (TPSA) is 30.0 Å². The monoisotopic (exact) mass is 201 g/mol. The third kappa shape index (κ3) is 1.91. The van der Waals surface area contributed by atoms with Crippen molar-refractivity contribution in [1.29, 1.82) is 0 Å². The fraction of sp³-hybridized carbons (Fsp3) is 0. The number of hydrogen-bond acceptors (Lipinski definition) is 2. The molecule has 0 aliphatic rings. The molecule has 2 nitrogen and oxygen atoms in total. The summed E-state index contributed by atoms with van der Waals surface area (Å²) in [5, 5.41) is 0. The summed E-state index contributed by atoms with van der Waals surface area (Å²) in [5.41, 5.74) is 1.63. The zero-order chi connectivity index (χ0) is 10.7. The van der Waals surface area contributed by atoms with E-state index in [1.807, 2.05) is 30.3 Å². The summed E-state index contributed by atoms with van der Waals surface area (Å²) < 4.78 is 12.9. The number of pyridine rings is 1. The Hall–Kier alpha value is -2.03. The highest BCUT2D eigenvalue weighted by Crippen LogP contribution is 2.19. The first-order valence-corrected chi connectivity index (χ1v) is 4.47. The molecule has 0 amide bonds. The molecule has 3 heteroatoms. The van der Waals surface area contributed by atoms with E-state index in [2.05, 4.69) is 4.98 Å².